The van der Waals surface area contributed by atoms with Gasteiger partial charge in [0, 0.05) is 10.8 Å². The summed E-state index contributed by atoms with van der Waals surface area (Å²) in [5, 5.41) is 0. The zero-order chi connectivity index (χ0) is 15.9. The molecule has 116 valence electrons. The summed E-state index contributed by atoms with van der Waals surface area (Å²) in [5.74, 6) is 1.19. The van der Waals surface area contributed by atoms with Crippen LogP contribution < -0.4 is 4.72 Å². The summed E-state index contributed by atoms with van der Waals surface area (Å²) in [4.78, 5) is 8.67. The maximum atomic E-state index is 12.3. The number of anilines is 1. The van der Waals surface area contributed by atoms with E-state index in [4.69, 9.17) is 0 Å². The molecule has 22 heavy (non-hydrogen) atoms. The second-order valence-corrected chi connectivity index (χ2v) is 8.68. The Labute approximate surface area is 133 Å². The predicted octanol–water partition coefficient (Wildman–Crippen LogP) is 3.86. The maximum Gasteiger partial charge on any atom is 0.271 e. The fourth-order valence-corrected chi connectivity index (χ4v) is 4.46. The smallest absolute Gasteiger partial charge is 0.271 e. The van der Waals surface area contributed by atoms with Gasteiger partial charge in [-0.1, -0.05) is 13.8 Å². The Kier molecular flexibility index (Phi) is 3.70. The van der Waals surface area contributed by atoms with Crippen LogP contribution in [0.5, 0.6) is 0 Å². The first-order chi connectivity index (χ1) is 10.3. The number of hydrogen-bond acceptors (Lipinski definition) is 4. The summed E-state index contributed by atoms with van der Waals surface area (Å²) >= 11 is 1.25. The number of sulfonamides is 1. The van der Waals surface area contributed by atoms with Gasteiger partial charge in [-0.25, -0.2) is 13.4 Å². The van der Waals surface area contributed by atoms with Crippen molar-refractivity contribution >= 4 is 38.1 Å². The molecule has 0 unspecified atom stereocenters. The van der Waals surface area contributed by atoms with E-state index in [0.717, 1.165) is 21.7 Å². The van der Waals surface area contributed by atoms with Crippen molar-refractivity contribution in [3.8, 4) is 0 Å². The number of nitrogens with zero attached hydrogens (tertiary/aromatic N) is 1. The molecule has 0 fully saturated rings. The highest BCUT2D eigenvalue weighted by atomic mass is 32.2. The van der Waals surface area contributed by atoms with Crippen LogP contribution in [0.3, 0.4) is 0 Å². The Balaban J connectivity index is 1.93. The van der Waals surface area contributed by atoms with Gasteiger partial charge in [-0.15, -0.1) is 11.3 Å². The second kappa shape index (κ2) is 5.40. The Morgan fingerprint density at radius 2 is 2.00 bits per heavy atom. The van der Waals surface area contributed by atoms with E-state index in [1.165, 1.54) is 11.3 Å². The number of benzene rings is 1. The van der Waals surface area contributed by atoms with Gasteiger partial charge in [0.25, 0.3) is 10.0 Å². The van der Waals surface area contributed by atoms with Crippen LogP contribution in [0.15, 0.2) is 34.5 Å². The molecule has 0 saturated carbocycles. The van der Waals surface area contributed by atoms with Crippen LogP contribution in [0, 0.1) is 6.92 Å². The molecule has 0 bridgehead atoms. The lowest BCUT2D eigenvalue weighted by atomic mass is 10.2. The number of imidazole rings is 1. The third kappa shape index (κ3) is 2.86. The fourth-order valence-electron chi connectivity index (χ4n) is 2.13. The number of thiophene rings is 1. The Hall–Kier alpha value is -1.86. The van der Waals surface area contributed by atoms with Gasteiger partial charge >= 0.3 is 0 Å². The SMILES string of the molecule is Cc1ccc(S(=O)(=O)Nc2ccc3nc(C(C)C)[nH]c3c2)s1. The molecule has 0 saturated heterocycles. The van der Waals surface area contributed by atoms with Crippen LogP contribution in [-0.4, -0.2) is 18.4 Å². The van der Waals surface area contributed by atoms with Gasteiger partial charge in [-0.2, -0.15) is 0 Å². The van der Waals surface area contributed by atoms with Crippen molar-refractivity contribution in [1.29, 1.82) is 0 Å². The summed E-state index contributed by atoms with van der Waals surface area (Å²) < 4.78 is 27.6. The van der Waals surface area contributed by atoms with Crippen molar-refractivity contribution in [1.82, 2.24) is 9.97 Å². The van der Waals surface area contributed by atoms with E-state index in [1.807, 2.05) is 13.0 Å². The summed E-state index contributed by atoms with van der Waals surface area (Å²) in [5.41, 5.74) is 2.18. The number of rotatable bonds is 4. The number of aryl methyl sites for hydroxylation is 1. The van der Waals surface area contributed by atoms with E-state index in [-0.39, 0.29) is 0 Å². The van der Waals surface area contributed by atoms with Gasteiger partial charge in [0.2, 0.25) is 0 Å². The molecule has 0 amide bonds. The van der Waals surface area contributed by atoms with Crippen LogP contribution in [0.25, 0.3) is 11.0 Å². The lowest BCUT2D eigenvalue weighted by Gasteiger charge is -2.05. The standard InChI is InChI=1S/C15H17N3O2S2/c1-9(2)15-16-12-6-5-11(8-13(12)17-15)18-22(19,20)14-7-4-10(3)21-14/h4-9,18H,1-3H3,(H,16,17). The van der Waals surface area contributed by atoms with Crippen molar-refractivity contribution in [3.05, 3.63) is 41.0 Å². The third-order valence-electron chi connectivity index (χ3n) is 3.28. The van der Waals surface area contributed by atoms with E-state index < -0.39 is 10.0 Å². The molecule has 3 aromatic rings. The number of H-pyrrole nitrogens is 1. The molecule has 2 aromatic heterocycles. The van der Waals surface area contributed by atoms with Crippen molar-refractivity contribution in [3.63, 3.8) is 0 Å². The minimum atomic E-state index is -3.54. The Morgan fingerprint density at radius 3 is 2.64 bits per heavy atom. The minimum Gasteiger partial charge on any atom is -0.342 e. The highest BCUT2D eigenvalue weighted by Gasteiger charge is 2.17. The molecule has 0 aliphatic rings. The number of aromatic nitrogens is 2. The summed E-state index contributed by atoms with van der Waals surface area (Å²) in [7, 11) is -3.54. The molecule has 0 aliphatic heterocycles. The lowest BCUT2D eigenvalue weighted by Crippen LogP contribution is -2.11. The molecule has 0 atom stereocenters. The normalized spacial score (nSPS) is 12.2. The summed E-state index contributed by atoms with van der Waals surface area (Å²) in [6, 6.07) is 8.73. The maximum absolute atomic E-state index is 12.3. The van der Waals surface area contributed by atoms with E-state index in [1.54, 1.807) is 24.3 Å². The quantitative estimate of drug-likeness (QED) is 0.760. The molecular weight excluding hydrogens is 318 g/mol. The highest BCUT2D eigenvalue weighted by molar-refractivity contribution is 7.94. The fraction of sp³-hybridized carbons (Fsp3) is 0.267. The molecular formula is C15H17N3O2S2. The molecule has 0 aliphatic carbocycles. The van der Waals surface area contributed by atoms with Crippen molar-refractivity contribution < 1.29 is 8.42 Å². The average molecular weight is 335 g/mol. The van der Waals surface area contributed by atoms with Crippen LogP contribution >= 0.6 is 11.3 Å². The number of hydrogen-bond donors (Lipinski definition) is 2. The molecule has 3 rings (SSSR count). The predicted molar refractivity (Wildman–Crippen MR) is 90.0 cm³/mol. The van der Waals surface area contributed by atoms with Gasteiger partial charge in [-0.05, 0) is 37.3 Å². The molecule has 0 radical (unpaired) electrons. The molecule has 5 nitrogen and oxygen atoms in total. The van der Waals surface area contributed by atoms with Gasteiger partial charge in [-0.3, -0.25) is 4.72 Å². The topological polar surface area (TPSA) is 74.8 Å². The average Bonchev–Trinajstić information content (AvgIpc) is 3.04. The van der Waals surface area contributed by atoms with E-state index >= 15 is 0 Å². The number of fused-ring (bicyclic) bond motifs is 1. The molecule has 2 N–H and O–H groups in total. The van der Waals surface area contributed by atoms with Gasteiger partial charge in [0.1, 0.15) is 10.0 Å². The zero-order valence-corrected chi connectivity index (χ0v) is 14.2. The Morgan fingerprint density at radius 1 is 1.23 bits per heavy atom. The van der Waals surface area contributed by atoms with Crippen LogP contribution in [0.1, 0.15) is 30.5 Å². The number of nitrogens with one attached hydrogen (secondary N) is 2. The van der Waals surface area contributed by atoms with Crippen LogP contribution in [0.4, 0.5) is 5.69 Å². The molecule has 2 heterocycles. The zero-order valence-electron chi connectivity index (χ0n) is 12.5. The summed E-state index contributed by atoms with van der Waals surface area (Å²) in [6.45, 7) is 5.99. The van der Waals surface area contributed by atoms with Crippen LogP contribution in [0.2, 0.25) is 0 Å². The van der Waals surface area contributed by atoms with Crippen LogP contribution in [-0.2, 0) is 10.0 Å². The van der Waals surface area contributed by atoms with Gasteiger partial charge in [0.05, 0.1) is 16.7 Å². The first-order valence-electron chi connectivity index (χ1n) is 6.94. The largest absolute Gasteiger partial charge is 0.342 e. The molecule has 7 heteroatoms. The van der Waals surface area contributed by atoms with E-state index in [2.05, 4.69) is 28.5 Å². The monoisotopic (exact) mass is 335 g/mol. The van der Waals surface area contributed by atoms with E-state index in [9.17, 15) is 8.42 Å². The first-order valence-corrected chi connectivity index (χ1v) is 9.24. The van der Waals surface area contributed by atoms with Crippen molar-refractivity contribution in [2.45, 2.75) is 30.9 Å². The van der Waals surface area contributed by atoms with Crippen molar-refractivity contribution in [2.24, 2.45) is 0 Å². The minimum absolute atomic E-state index is 0.293. The van der Waals surface area contributed by atoms with Gasteiger partial charge in [0.15, 0.2) is 0 Å². The lowest BCUT2D eigenvalue weighted by molar-refractivity contribution is 0.603. The third-order valence-corrected chi connectivity index (χ3v) is 6.15. The van der Waals surface area contributed by atoms with Gasteiger partial charge < -0.3 is 4.98 Å². The van der Waals surface area contributed by atoms with Crippen molar-refractivity contribution in [2.75, 3.05) is 4.72 Å². The first kappa shape index (κ1) is 15.1. The van der Waals surface area contributed by atoms with E-state index in [0.29, 0.717) is 15.8 Å². The molecule has 0 spiro atoms. The summed E-state index contributed by atoms with van der Waals surface area (Å²) in [6.07, 6.45) is 0. The molecule has 1 aromatic carbocycles. The number of aromatic amines is 1. The Bertz CT molecular complexity index is 923. The second-order valence-electron chi connectivity index (χ2n) is 5.48. The highest BCUT2D eigenvalue weighted by Crippen LogP contribution is 2.25.